The van der Waals surface area contributed by atoms with Gasteiger partial charge in [-0.2, -0.15) is 0 Å². The van der Waals surface area contributed by atoms with Crippen LogP contribution in [0.15, 0.2) is 66.9 Å². The number of aromatic nitrogens is 1. The molecule has 0 saturated heterocycles. The second-order valence-corrected chi connectivity index (χ2v) is 8.26. The molecule has 0 aliphatic carbocycles. The number of hydrogen-bond donors (Lipinski definition) is 0. The molecule has 5 heteroatoms. The van der Waals surface area contributed by atoms with Gasteiger partial charge in [-0.3, -0.25) is 0 Å². The largest absolute Gasteiger partial charge is 0.492 e. The normalized spacial score (nSPS) is 12.0. The predicted molar refractivity (Wildman–Crippen MR) is 132 cm³/mol. The highest BCUT2D eigenvalue weighted by Crippen LogP contribution is 2.26. The van der Waals surface area contributed by atoms with Crippen LogP contribution < -0.4 is 4.74 Å². The molecular weight excluding hydrogens is 414 g/mol. The SMILES string of the molecule is CCOC(=O)[C@H](Cc1ccc(OCCn2cc(-c3ccccc3)cc2C(C)C)cc1)OCC. The van der Waals surface area contributed by atoms with E-state index in [4.69, 9.17) is 14.2 Å². The molecule has 1 aromatic heterocycles. The Morgan fingerprint density at radius 3 is 2.30 bits per heavy atom. The van der Waals surface area contributed by atoms with Crippen LogP contribution in [0.1, 0.15) is 44.9 Å². The van der Waals surface area contributed by atoms with Gasteiger partial charge in [0.15, 0.2) is 6.10 Å². The van der Waals surface area contributed by atoms with E-state index in [9.17, 15) is 4.79 Å². The Kier molecular flexibility index (Phi) is 9.14. The van der Waals surface area contributed by atoms with Crippen molar-refractivity contribution in [3.8, 4) is 16.9 Å². The van der Waals surface area contributed by atoms with E-state index in [0.717, 1.165) is 17.9 Å². The molecule has 0 N–H and O–H groups in total. The highest BCUT2D eigenvalue weighted by Gasteiger charge is 2.20. The summed E-state index contributed by atoms with van der Waals surface area (Å²) in [6.45, 7) is 10.3. The van der Waals surface area contributed by atoms with Gasteiger partial charge in [0.25, 0.3) is 0 Å². The quantitative estimate of drug-likeness (QED) is 0.325. The highest BCUT2D eigenvalue weighted by molar-refractivity contribution is 5.75. The summed E-state index contributed by atoms with van der Waals surface area (Å²) in [5, 5.41) is 0. The Hall–Kier alpha value is -3.05. The Labute approximate surface area is 197 Å². The average Bonchev–Trinajstić information content (AvgIpc) is 3.25. The Morgan fingerprint density at radius 1 is 0.939 bits per heavy atom. The maximum atomic E-state index is 12.1. The summed E-state index contributed by atoms with van der Waals surface area (Å²) in [5.74, 6) is 0.922. The fraction of sp³-hybridized carbons (Fsp3) is 0.393. The second-order valence-electron chi connectivity index (χ2n) is 8.26. The van der Waals surface area contributed by atoms with Gasteiger partial charge in [-0.15, -0.1) is 0 Å². The minimum absolute atomic E-state index is 0.317. The van der Waals surface area contributed by atoms with Crippen molar-refractivity contribution in [2.75, 3.05) is 19.8 Å². The number of nitrogens with zero attached hydrogens (tertiary/aromatic N) is 1. The first-order valence-corrected chi connectivity index (χ1v) is 11.8. The Morgan fingerprint density at radius 2 is 1.67 bits per heavy atom. The monoisotopic (exact) mass is 449 g/mol. The molecule has 0 spiro atoms. The summed E-state index contributed by atoms with van der Waals surface area (Å²) in [4.78, 5) is 12.1. The molecule has 5 nitrogen and oxygen atoms in total. The number of carbonyl (C=O) groups is 1. The molecule has 0 fully saturated rings. The van der Waals surface area contributed by atoms with Crippen molar-refractivity contribution in [2.45, 2.75) is 52.7 Å². The van der Waals surface area contributed by atoms with Crippen LogP contribution in [0.5, 0.6) is 5.75 Å². The van der Waals surface area contributed by atoms with Gasteiger partial charge in [-0.05, 0) is 54.7 Å². The molecule has 0 bridgehead atoms. The van der Waals surface area contributed by atoms with E-state index in [1.54, 1.807) is 6.92 Å². The fourth-order valence-electron chi connectivity index (χ4n) is 3.85. The topological polar surface area (TPSA) is 49.7 Å². The minimum atomic E-state index is -0.580. The lowest BCUT2D eigenvalue weighted by Gasteiger charge is -2.16. The van der Waals surface area contributed by atoms with E-state index in [1.807, 2.05) is 37.3 Å². The average molecular weight is 450 g/mol. The van der Waals surface area contributed by atoms with E-state index < -0.39 is 6.10 Å². The van der Waals surface area contributed by atoms with Crippen molar-refractivity contribution in [1.82, 2.24) is 4.57 Å². The Balaban J connectivity index is 1.58. The highest BCUT2D eigenvalue weighted by atomic mass is 16.6. The number of rotatable bonds is 12. The third-order valence-corrected chi connectivity index (χ3v) is 5.49. The van der Waals surface area contributed by atoms with E-state index in [2.05, 4.69) is 54.9 Å². The fourth-order valence-corrected chi connectivity index (χ4v) is 3.85. The molecule has 0 amide bonds. The summed E-state index contributed by atoms with van der Waals surface area (Å²) < 4.78 is 19.0. The first-order valence-electron chi connectivity index (χ1n) is 11.8. The van der Waals surface area contributed by atoms with Gasteiger partial charge in [-0.25, -0.2) is 4.79 Å². The van der Waals surface area contributed by atoms with Crippen molar-refractivity contribution in [3.63, 3.8) is 0 Å². The third kappa shape index (κ3) is 6.96. The van der Waals surface area contributed by atoms with Crippen molar-refractivity contribution in [3.05, 3.63) is 78.1 Å². The van der Waals surface area contributed by atoms with Crippen LogP contribution >= 0.6 is 0 Å². The summed E-state index contributed by atoms with van der Waals surface area (Å²) in [6.07, 6.45) is 2.11. The van der Waals surface area contributed by atoms with Crippen molar-refractivity contribution >= 4 is 5.97 Å². The van der Waals surface area contributed by atoms with Crippen LogP contribution in [0, 0.1) is 0 Å². The lowest BCUT2D eigenvalue weighted by molar-refractivity contribution is -0.156. The van der Waals surface area contributed by atoms with E-state index >= 15 is 0 Å². The van der Waals surface area contributed by atoms with Crippen LogP contribution in [-0.4, -0.2) is 36.5 Å². The zero-order valence-corrected chi connectivity index (χ0v) is 20.1. The lowest BCUT2D eigenvalue weighted by Crippen LogP contribution is -2.28. The van der Waals surface area contributed by atoms with Crippen molar-refractivity contribution in [2.24, 2.45) is 0 Å². The van der Waals surface area contributed by atoms with Gasteiger partial charge < -0.3 is 18.8 Å². The molecule has 2 aromatic carbocycles. The molecule has 0 saturated carbocycles. The van der Waals surface area contributed by atoms with Crippen LogP contribution in [0.4, 0.5) is 0 Å². The number of hydrogen-bond acceptors (Lipinski definition) is 4. The first kappa shape index (κ1) is 24.6. The molecule has 1 heterocycles. The summed E-state index contributed by atoms with van der Waals surface area (Å²) >= 11 is 0. The van der Waals surface area contributed by atoms with Crippen LogP contribution in [0.3, 0.4) is 0 Å². The molecular formula is C28H35NO4. The molecule has 0 unspecified atom stereocenters. The molecule has 3 rings (SSSR count). The van der Waals surface area contributed by atoms with Crippen LogP contribution in [-0.2, 0) is 27.2 Å². The molecule has 3 aromatic rings. The molecule has 0 aliphatic heterocycles. The maximum absolute atomic E-state index is 12.1. The zero-order chi connectivity index (χ0) is 23.6. The zero-order valence-electron chi connectivity index (χ0n) is 20.1. The van der Waals surface area contributed by atoms with Gasteiger partial charge in [0.05, 0.1) is 13.2 Å². The number of carbonyl (C=O) groups excluding carboxylic acids is 1. The molecule has 0 radical (unpaired) electrons. The molecule has 0 aliphatic rings. The van der Waals surface area contributed by atoms with Crippen molar-refractivity contribution < 1.29 is 19.0 Å². The summed E-state index contributed by atoms with van der Waals surface area (Å²) in [7, 11) is 0. The summed E-state index contributed by atoms with van der Waals surface area (Å²) in [6, 6.07) is 20.6. The van der Waals surface area contributed by atoms with Gasteiger partial charge in [-0.1, -0.05) is 56.3 Å². The first-order chi connectivity index (χ1) is 16.0. The van der Waals surface area contributed by atoms with Gasteiger partial charge in [0.1, 0.15) is 12.4 Å². The van der Waals surface area contributed by atoms with Gasteiger partial charge in [0, 0.05) is 24.9 Å². The standard InChI is InChI=1S/C28H35NO4/c1-5-31-27(28(30)32-6-2)18-22-12-14-25(15-13-22)33-17-16-29-20-24(19-26(29)21(3)4)23-10-8-7-9-11-23/h7-15,19-21,27H,5-6,16-18H2,1-4H3/t27-/m0/s1. The van der Waals surface area contributed by atoms with Gasteiger partial charge in [0.2, 0.25) is 0 Å². The van der Waals surface area contributed by atoms with E-state index in [0.29, 0.717) is 32.2 Å². The maximum Gasteiger partial charge on any atom is 0.335 e. The number of esters is 1. The van der Waals surface area contributed by atoms with Crippen LogP contribution in [0.25, 0.3) is 11.1 Å². The van der Waals surface area contributed by atoms with Crippen molar-refractivity contribution in [1.29, 1.82) is 0 Å². The predicted octanol–water partition coefficient (Wildman–Crippen LogP) is 5.87. The molecule has 33 heavy (non-hydrogen) atoms. The van der Waals surface area contributed by atoms with E-state index in [-0.39, 0.29) is 5.97 Å². The van der Waals surface area contributed by atoms with Gasteiger partial charge >= 0.3 is 5.97 Å². The molecule has 1 atom stereocenters. The molecule has 176 valence electrons. The third-order valence-electron chi connectivity index (χ3n) is 5.49. The Bertz CT molecular complexity index is 992. The minimum Gasteiger partial charge on any atom is -0.492 e. The summed E-state index contributed by atoms with van der Waals surface area (Å²) in [5.41, 5.74) is 4.76. The van der Waals surface area contributed by atoms with Crippen LogP contribution in [0.2, 0.25) is 0 Å². The lowest BCUT2D eigenvalue weighted by atomic mass is 10.1. The smallest absolute Gasteiger partial charge is 0.335 e. The number of ether oxygens (including phenoxy) is 3. The second kappa shape index (κ2) is 12.3. The number of benzene rings is 2. The van der Waals surface area contributed by atoms with E-state index in [1.165, 1.54) is 16.8 Å².